The minimum atomic E-state index is -4.05. The van der Waals surface area contributed by atoms with Crippen LogP contribution in [0.15, 0.2) is 94.6 Å². The van der Waals surface area contributed by atoms with Crippen LogP contribution in [0.2, 0.25) is 0 Å². The highest BCUT2D eigenvalue weighted by Crippen LogP contribution is 2.24. The molecule has 0 aliphatic carbocycles. The van der Waals surface area contributed by atoms with Gasteiger partial charge < -0.3 is 14.8 Å². The van der Waals surface area contributed by atoms with Gasteiger partial charge in [-0.15, -0.1) is 0 Å². The van der Waals surface area contributed by atoms with E-state index in [1.54, 1.807) is 41.3 Å². The lowest BCUT2D eigenvalue weighted by Crippen LogP contribution is -2.52. The number of aryl methyl sites for hydroxylation is 1. The Hall–Kier alpha value is -3.95. The summed E-state index contributed by atoms with van der Waals surface area (Å²) in [5.74, 6) is -0.288. The average molecular weight is 517 g/mol. The van der Waals surface area contributed by atoms with Gasteiger partial charge in [-0.2, -0.15) is 4.72 Å². The van der Waals surface area contributed by atoms with Crippen molar-refractivity contribution in [2.45, 2.75) is 17.9 Å². The molecule has 3 aromatic carbocycles. The van der Waals surface area contributed by atoms with Crippen molar-refractivity contribution in [3.05, 3.63) is 106 Å². The van der Waals surface area contributed by atoms with Crippen molar-refractivity contribution in [1.82, 2.24) is 14.6 Å². The number of hydrogen-bond donors (Lipinski definition) is 2. The predicted octanol–water partition coefficient (Wildman–Crippen LogP) is 3.20. The van der Waals surface area contributed by atoms with E-state index in [4.69, 9.17) is 0 Å². The first-order valence-electron chi connectivity index (χ1n) is 12.1. The van der Waals surface area contributed by atoms with Crippen LogP contribution in [-0.4, -0.2) is 50.4 Å². The first-order chi connectivity index (χ1) is 17.8. The highest BCUT2D eigenvalue weighted by Gasteiger charge is 2.32. The van der Waals surface area contributed by atoms with Gasteiger partial charge in [-0.1, -0.05) is 48.0 Å². The first kappa shape index (κ1) is 24.7. The number of nitrogens with one attached hydrogen (secondary N) is 2. The topological polar surface area (TPSA) is 103 Å². The number of hydrogen-bond acceptors (Lipinski definition) is 5. The van der Waals surface area contributed by atoms with Crippen LogP contribution in [0.25, 0.3) is 10.9 Å². The van der Waals surface area contributed by atoms with Crippen molar-refractivity contribution in [1.29, 1.82) is 0 Å². The smallest absolute Gasteiger partial charge is 0.248 e. The second-order valence-electron chi connectivity index (χ2n) is 9.18. The van der Waals surface area contributed by atoms with E-state index in [2.05, 4.69) is 38.9 Å². The van der Waals surface area contributed by atoms with Crippen molar-refractivity contribution in [3.8, 4) is 0 Å². The number of amides is 1. The third kappa shape index (κ3) is 5.42. The standard InChI is InChI=1S/C28H28N4O4S/c1-20-7-10-23(11-8-20)31-15-17-32(18-16-31)28(34)27(21-5-3-2-4-6-21)30-37(35,36)24-12-13-25-22(19-24)9-14-26(33)29-25/h2-14,19,27,30H,15-18H2,1H3,(H,29,33)/t27-/m0/s1. The summed E-state index contributed by atoms with van der Waals surface area (Å²) in [5.41, 5.74) is 3.14. The molecule has 8 nitrogen and oxygen atoms in total. The molecule has 190 valence electrons. The van der Waals surface area contributed by atoms with Crippen LogP contribution in [0, 0.1) is 6.92 Å². The average Bonchev–Trinajstić information content (AvgIpc) is 2.92. The van der Waals surface area contributed by atoms with Gasteiger partial charge in [-0.3, -0.25) is 9.59 Å². The number of nitrogens with zero attached hydrogens (tertiary/aromatic N) is 2. The fourth-order valence-electron chi connectivity index (χ4n) is 4.55. The van der Waals surface area contributed by atoms with Crippen molar-refractivity contribution in [2.75, 3.05) is 31.1 Å². The molecule has 1 aliphatic heterocycles. The molecule has 0 spiro atoms. The molecule has 4 aromatic rings. The number of aromatic amines is 1. The molecule has 1 amide bonds. The summed E-state index contributed by atoms with van der Waals surface area (Å²) in [6, 6.07) is 23.5. The predicted molar refractivity (Wildman–Crippen MR) is 144 cm³/mol. The number of piperazine rings is 1. The summed E-state index contributed by atoms with van der Waals surface area (Å²) in [4.78, 5) is 31.9. The SMILES string of the molecule is Cc1ccc(N2CCN(C(=O)[C@@H](NS(=O)(=O)c3ccc4[nH]c(=O)ccc4c3)c3ccccc3)CC2)cc1. The van der Waals surface area contributed by atoms with E-state index in [9.17, 15) is 18.0 Å². The zero-order chi connectivity index (χ0) is 26.0. The number of anilines is 1. The van der Waals surface area contributed by atoms with Gasteiger partial charge in [0, 0.05) is 43.4 Å². The van der Waals surface area contributed by atoms with E-state index in [0.29, 0.717) is 42.6 Å². The number of H-pyrrole nitrogens is 1. The number of fused-ring (bicyclic) bond motifs is 1. The Labute approximate surface area is 215 Å². The molecule has 2 N–H and O–H groups in total. The summed E-state index contributed by atoms with van der Waals surface area (Å²) < 4.78 is 29.5. The molecule has 37 heavy (non-hydrogen) atoms. The van der Waals surface area contributed by atoms with E-state index < -0.39 is 16.1 Å². The number of sulfonamides is 1. The normalized spacial score (nSPS) is 15.1. The molecule has 0 saturated carbocycles. The molecule has 0 radical (unpaired) electrons. The molecular weight excluding hydrogens is 488 g/mol. The minimum Gasteiger partial charge on any atom is -0.368 e. The molecule has 1 atom stereocenters. The summed E-state index contributed by atoms with van der Waals surface area (Å²) in [6.07, 6.45) is 0. The molecule has 1 aliphatic rings. The summed E-state index contributed by atoms with van der Waals surface area (Å²) in [7, 11) is -4.05. The maximum Gasteiger partial charge on any atom is 0.248 e. The molecule has 0 bridgehead atoms. The first-order valence-corrected chi connectivity index (χ1v) is 13.6. The van der Waals surface area contributed by atoms with Gasteiger partial charge in [0.1, 0.15) is 6.04 Å². The molecule has 1 saturated heterocycles. The second kappa shape index (κ2) is 10.2. The van der Waals surface area contributed by atoms with Crippen LogP contribution >= 0.6 is 0 Å². The Bertz CT molecular complexity index is 1580. The summed E-state index contributed by atoms with van der Waals surface area (Å²) in [5, 5.41) is 0.581. The van der Waals surface area contributed by atoms with E-state index in [0.717, 1.165) is 5.69 Å². The second-order valence-corrected chi connectivity index (χ2v) is 10.9. The summed E-state index contributed by atoms with van der Waals surface area (Å²) >= 11 is 0. The van der Waals surface area contributed by atoms with Gasteiger partial charge in [-0.05, 0) is 54.3 Å². The Morgan fingerprint density at radius 1 is 0.892 bits per heavy atom. The maximum atomic E-state index is 13.7. The molecule has 1 aromatic heterocycles. The lowest BCUT2D eigenvalue weighted by molar-refractivity contribution is -0.133. The Morgan fingerprint density at radius 2 is 1.59 bits per heavy atom. The van der Waals surface area contributed by atoms with Crippen LogP contribution in [0.1, 0.15) is 17.2 Å². The van der Waals surface area contributed by atoms with Crippen molar-refractivity contribution in [2.24, 2.45) is 0 Å². The van der Waals surface area contributed by atoms with Crippen molar-refractivity contribution < 1.29 is 13.2 Å². The highest BCUT2D eigenvalue weighted by atomic mass is 32.2. The zero-order valence-electron chi connectivity index (χ0n) is 20.4. The molecule has 5 rings (SSSR count). The molecular formula is C28H28N4O4S. The zero-order valence-corrected chi connectivity index (χ0v) is 21.2. The number of carbonyl (C=O) groups excluding carboxylic acids is 1. The number of rotatable bonds is 6. The van der Waals surface area contributed by atoms with Crippen LogP contribution in [0.3, 0.4) is 0 Å². The van der Waals surface area contributed by atoms with E-state index in [1.165, 1.54) is 23.8 Å². The fraction of sp³-hybridized carbons (Fsp3) is 0.214. The van der Waals surface area contributed by atoms with Crippen molar-refractivity contribution >= 4 is 32.5 Å². The number of benzene rings is 3. The minimum absolute atomic E-state index is 0.0185. The van der Waals surface area contributed by atoms with Gasteiger partial charge in [-0.25, -0.2) is 8.42 Å². The quantitative estimate of drug-likeness (QED) is 0.410. The maximum absolute atomic E-state index is 13.7. The number of carbonyl (C=O) groups is 1. The van der Waals surface area contributed by atoms with E-state index in [-0.39, 0.29) is 16.4 Å². The Kier molecular flexibility index (Phi) is 6.82. The lowest BCUT2D eigenvalue weighted by atomic mass is 10.1. The van der Waals surface area contributed by atoms with Gasteiger partial charge in [0.15, 0.2) is 0 Å². The third-order valence-electron chi connectivity index (χ3n) is 6.65. The largest absolute Gasteiger partial charge is 0.368 e. The third-order valence-corrected chi connectivity index (χ3v) is 8.07. The summed E-state index contributed by atoms with van der Waals surface area (Å²) in [6.45, 7) is 4.34. The van der Waals surface area contributed by atoms with Crippen LogP contribution in [0.5, 0.6) is 0 Å². The van der Waals surface area contributed by atoms with Crippen LogP contribution in [0.4, 0.5) is 5.69 Å². The molecule has 9 heteroatoms. The lowest BCUT2D eigenvalue weighted by Gasteiger charge is -2.37. The Morgan fingerprint density at radius 3 is 2.30 bits per heavy atom. The number of pyridine rings is 1. The monoisotopic (exact) mass is 516 g/mol. The van der Waals surface area contributed by atoms with Gasteiger partial charge in [0.05, 0.1) is 4.90 Å². The van der Waals surface area contributed by atoms with Gasteiger partial charge >= 0.3 is 0 Å². The molecule has 1 fully saturated rings. The molecule has 0 unspecified atom stereocenters. The van der Waals surface area contributed by atoms with Gasteiger partial charge in [0.25, 0.3) is 0 Å². The highest BCUT2D eigenvalue weighted by molar-refractivity contribution is 7.89. The van der Waals surface area contributed by atoms with Crippen LogP contribution < -0.4 is 15.2 Å². The van der Waals surface area contributed by atoms with E-state index in [1.807, 2.05) is 13.0 Å². The van der Waals surface area contributed by atoms with E-state index >= 15 is 0 Å². The fourth-order valence-corrected chi connectivity index (χ4v) is 5.77. The Balaban J connectivity index is 1.38. The van der Waals surface area contributed by atoms with Gasteiger partial charge in [0.2, 0.25) is 21.5 Å². The number of aromatic nitrogens is 1. The van der Waals surface area contributed by atoms with Crippen molar-refractivity contribution in [3.63, 3.8) is 0 Å². The molecule has 2 heterocycles. The van der Waals surface area contributed by atoms with Crippen LogP contribution in [-0.2, 0) is 14.8 Å².